The van der Waals surface area contributed by atoms with Crippen LogP contribution in [-0.4, -0.2) is 17.8 Å². The topological polar surface area (TPSA) is 81.5 Å². The predicted molar refractivity (Wildman–Crippen MR) is 87.8 cm³/mol. The van der Waals surface area contributed by atoms with Crippen LogP contribution in [0.3, 0.4) is 0 Å². The molecule has 0 saturated heterocycles. The molecule has 0 aliphatic heterocycles. The lowest BCUT2D eigenvalue weighted by atomic mass is 9.99. The van der Waals surface area contributed by atoms with E-state index < -0.39 is 11.0 Å². The number of benzene rings is 2. The average Bonchev–Trinajstić information content (AvgIpc) is 2.54. The number of nitro groups is 1. The van der Waals surface area contributed by atoms with E-state index in [2.05, 4.69) is 5.32 Å². The summed E-state index contributed by atoms with van der Waals surface area (Å²) >= 11 is 0. The van der Waals surface area contributed by atoms with E-state index >= 15 is 0 Å². The Kier molecular flexibility index (Phi) is 5.30. The zero-order valence-corrected chi connectivity index (χ0v) is 13.0. The Morgan fingerprint density at radius 1 is 1.22 bits per heavy atom. The maximum Gasteiger partial charge on any atom is 0.274 e. The van der Waals surface area contributed by atoms with Gasteiger partial charge in [-0.15, -0.1) is 0 Å². The maximum absolute atomic E-state index is 11.6. The fourth-order valence-corrected chi connectivity index (χ4v) is 2.36. The van der Waals surface area contributed by atoms with E-state index in [1.54, 1.807) is 49.6 Å². The average molecular weight is 314 g/mol. The quantitative estimate of drug-likeness (QED) is 0.622. The number of nitro benzene ring substituents is 1. The Balaban J connectivity index is 2.33. The van der Waals surface area contributed by atoms with Gasteiger partial charge in [-0.25, -0.2) is 0 Å². The zero-order valence-electron chi connectivity index (χ0n) is 13.0. The molecule has 1 atom stereocenters. The molecule has 6 nitrogen and oxygen atoms in total. The summed E-state index contributed by atoms with van der Waals surface area (Å²) in [5.74, 6) is 0.665. The van der Waals surface area contributed by atoms with E-state index in [0.717, 1.165) is 5.69 Å². The van der Waals surface area contributed by atoms with Gasteiger partial charge in [-0.1, -0.05) is 18.2 Å². The molecule has 0 radical (unpaired) electrons. The molecule has 0 fully saturated rings. The smallest absolute Gasteiger partial charge is 0.274 e. The molecule has 0 amide bonds. The number of nitrogens with zero attached hydrogens (tertiary/aromatic N) is 1. The van der Waals surface area contributed by atoms with E-state index in [9.17, 15) is 14.9 Å². The number of Topliss-reactive ketones (excluding diaryl/α,β-unsaturated/α-hetero) is 1. The normalized spacial score (nSPS) is 11.6. The minimum atomic E-state index is -0.470. The SMILES string of the molecule is COc1ccc(NC(CC(C)=O)c2ccccc2[N+](=O)[O-])cc1. The lowest BCUT2D eigenvalue weighted by Gasteiger charge is -2.19. The Bertz CT molecular complexity index is 698. The van der Waals surface area contributed by atoms with Gasteiger partial charge in [0.15, 0.2) is 0 Å². The van der Waals surface area contributed by atoms with Gasteiger partial charge < -0.3 is 10.1 Å². The van der Waals surface area contributed by atoms with Crippen LogP contribution in [0.1, 0.15) is 24.9 Å². The number of ether oxygens (including phenoxy) is 1. The van der Waals surface area contributed by atoms with Gasteiger partial charge in [0.05, 0.1) is 23.6 Å². The summed E-state index contributed by atoms with van der Waals surface area (Å²) in [5, 5.41) is 14.4. The van der Waals surface area contributed by atoms with Crippen LogP contribution >= 0.6 is 0 Å². The lowest BCUT2D eigenvalue weighted by Crippen LogP contribution is -2.15. The van der Waals surface area contributed by atoms with Crippen LogP contribution < -0.4 is 10.1 Å². The molecule has 0 heterocycles. The number of carbonyl (C=O) groups is 1. The number of hydrogen-bond donors (Lipinski definition) is 1. The monoisotopic (exact) mass is 314 g/mol. The second-order valence-corrected chi connectivity index (χ2v) is 5.15. The molecule has 0 saturated carbocycles. The molecule has 0 aliphatic rings. The Morgan fingerprint density at radius 2 is 1.87 bits per heavy atom. The predicted octanol–water partition coefficient (Wildman–Crippen LogP) is 3.74. The first-order chi connectivity index (χ1) is 11.0. The molecule has 2 aromatic carbocycles. The fraction of sp³-hybridized carbons (Fsp3) is 0.235. The molecule has 120 valence electrons. The highest BCUT2D eigenvalue weighted by Gasteiger charge is 2.22. The zero-order chi connectivity index (χ0) is 16.8. The number of anilines is 1. The van der Waals surface area contributed by atoms with E-state index in [4.69, 9.17) is 4.74 Å². The first-order valence-electron chi connectivity index (χ1n) is 7.14. The van der Waals surface area contributed by atoms with Crippen LogP contribution in [0.25, 0.3) is 0 Å². The van der Waals surface area contributed by atoms with Crippen molar-refractivity contribution in [3.05, 3.63) is 64.2 Å². The van der Waals surface area contributed by atoms with Crippen LogP contribution in [0.2, 0.25) is 0 Å². The summed E-state index contributed by atoms with van der Waals surface area (Å²) in [6, 6.07) is 13.2. The van der Waals surface area contributed by atoms with Crippen LogP contribution in [0.4, 0.5) is 11.4 Å². The van der Waals surface area contributed by atoms with Crippen molar-refractivity contribution in [3.8, 4) is 5.75 Å². The van der Waals surface area contributed by atoms with Crippen molar-refractivity contribution >= 4 is 17.2 Å². The summed E-state index contributed by atoms with van der Waals surface area (Å²) in [6.07, 6.45) is 0.164. The number of hydrogen-bond acceptors (Lipinski definition) is 5. The van der Waals surface area contributed by atoms with Crippen molar-refractivity contribution in [2.24, 2.45) is 0 Å². The Hall–Kier alpha value is -2.89. The highest BCUT2D eigenvalue weighted by Crippen LogP contribution is 2.30. The Morgan fingerprint density at radius 3 is 2.43 bits per heavy atom. The molecule has 6 heteroatoms. The summed E-state index contributed by atoms with van der Waals surface area (Å²) < 4.78 is 5.10. The summed E-state index contributed by atoms with van der Waals surface area (Å²) in [4.78, 5) is 22.4. The molecule has 2 aromatic rings. The van der Waals surface area contributed by atoms with Gasteiger partial charge in [0, 0.05) is 18.2 Å². The molecule has 0 aliphatic carbocycles. The fourth-order valence-electron chi connectivity index (χ4n) is 2.36. The van der Waals surface area contributed by atoms with E-state index in [1.165, 1.54) is 13.0 Å². The molecular weight excluding hydrogens is 296 g/mol. The van der Waals surface area contributed by atoms with Crippen molar-refractivity contribution in [1.29, 1.82) is 0 Å². The lowest BCUT2D eigenvalue weighted by molar-refractivity contribution is -0.385. The third-order valence-electron chi connectivity index (χ3n) is 3.43. The van der Waals surface area contributed by atoms with Gasteiger partial charge >= 0.3 is 0 Å². The van der Waals surface area contributed by atoms with E-state index in [1.807, 2.05) is 0 Å². The van der Waals surface area contributed by atoms with E-state index in [0.29, 0.717) is 11.3 Å². The number of rotatable bonds is 7. The number of methoxy groups -OCH3 is 1. The van der Waals surface area contributed by atoms with Gasteiger partial charge in [0.25, 0.3) is 5.69 Å². The van der Waals surface area contributed by atoms with Gasteiger partial charge in [0.1, 0.15) is 11.5 Å². The van der Waals surface area contributed by atoms with Crippen LogP contribution in [0.15, 0.2) is 48.5 Å². The van der Waals surface area contributed by atoms with Crippen molar-refractivity contribution in [1.82, 2.24) is 0 Å². The maximum atomic E-state index is 11.6. The largest absolute Gasteiger partial charge is 0.497 e. The van der Waals surface area contributed by atoms with Crippen molar-refractivity contribution in [2.75, 3.05) is 12.4 Å². The molecule has 1 unspecified atom stereocenters. The van der Waals surface area contributed by atoms with E-state index in [-0.39, 0.29) is 17.9 Å². The summed E-state index contributed by atoms with van der Waals surface area (Å²) in [5.41, 5.74) is 1.25. The minimum Gasteiger partial charge on any atom is -0.497 e. The third-order valence-corrected chi connectivity index (χ3v) is 3.43. The van der Waals surface area contributed by atoms with Gasteiger partial charge in [-0.05, 0) is 31.2 Å². The number of para-hydroxylation sites is 1. The summed E-state index contributed by atoms with van der Waals surface area (Å²) in [6.45, 7) is 1.47. The van der Waals surface area contributed by atoms with Crippen molar-refractivity contribution in [3.63, 3.8) is 0 Å². The molecule has 0 aromatic heterocycles. The van der Waals surface area contributed by atoms with Crippen LogP contribution in [-0.2, 0) is 4.79 Å². The van der Waals surface area contributed by atoms with Gasteiger partial charge in [-0.3, -0.25) is 14.9 Å². The number of carbonyl (C=O) groups excluding carboxylic acids is 1. The highest BCUT2D eigenvalue weighted by molar-refractivity contribution is 5.77. The highest BCUT2D eigenvalue weighted by atomic mass is 16.6. The Labute approximate surface area is 134 Å². The van der Waals surface area contributed by atoms with Crippen LogP contribution in [0.5, 0.6) is 5.75 Å². The van der Waals surface area contributed by atoms with Crippen molar-refractivity contribution < 1.29 is 14.5 Å². The van der Waals surface area contributed by atoms with Gasteiger partial charge in [-0.2, -0.15) is 0 Å². The minimum absolute atomic E-state index is 0.000221. The first-order valence-corrected chi connectivity index (χ1v) is 7.14. The molecule has 23 heavy (non-hydrogen) atoms. The molecule has 0 bridgehead atoms. The van der Waals surface area contributed by atoms with Crippen molar-refractivity contribution in [2.45, 2.75) is 19.4 Å². The number of ketones is 1. The second kappa shape index (κ2) is 7.40. The van der Waals surface area contributed by atoms with Crippen LogP contribution in [0, 0.1) is 10.1 Å². The molecule has 2 rings (SSSR count). The van der Waals surface area contributed by atoms with Gasteiger partial charge in [0.2, 0.25) is 0 Å². The molecule has 0 spiro atoms. The standard InChI is InChI=1S/C17H18N2O4/c1-12(20)11-16(15-5-3-4-6-17(15)19(21)22)18-13-7-9-14(23-2)10-8-13/h3-10,16,18H,11H2,1-2H3. The summed E-state index contributed by atoms with van der Waals surface area (Å²) in [7, 11) is 1.58. The first kappa shape index (κ1) is 16.5. The third kappa shape index (κ3) is 4.29. The number of nitrogens with one attached hydrogen (secondary N) is 1. The molecule has 1 N–H and O–H groups in total. The molecular formula is C17H18N2O4. The second-order valence-electron chi connectivity index (χ2n) is 5.15.